The third kappa shape index (κ3) is 13.9. The van der Waals surface area contributed by atoms with E-state index in [4.69, 9.17) is 5.21 Å². The summed E-state index contributed by atoms with van der Waals surface area (Å²) in [5.41, 5.74) is 2.20. The molecule has 0 aromatic rings. The lowest BCUT2D eigenvalue weighted by Gasteiger charge is -2.04. The van der Waals surface area contributed by atoms with Crippen LogP contribution in [0.15, 0.2) is 0 Å². The Morgan fingerprint density at radius 1 is 0.800 bits per heavy atom. The van der Waals surface area contributed by atoms with Crippen molar-refractivity contribution < 1.29 is 5.21 Å². The maximum absolute atomic E-state index is 8.36. The third-order valence-corrected chi connectivity index (χ3v) is 2.82. The number of nitrogens with one attached hydrogen (secondary N) is 1. The van der Waals surface area contributed by atoms with Gasteiger partial charge < -0.3 is 5.21 Å². The number of rotatable bonds is 11. The van der Waals surface area contributed by atoms with E-state index in [9.17, 15) is 0 Å². The molecule has 0 aliphatic rings. The highest BCUT2D eigenvalue weighted by molar-refractivity contribution is 4.49. The van der Waals surface area contributed by atoms with Crippen LogP contribution in [-0.2, 0) is 0 Å². The zero-order valence-corrected chi connectivity index (χ0v) is 10.6. The van der Waals surface area contributed by atoms with Gasteiger partial charge in [-0.25, -0.2) is 5.48 Å². The standard InChI is InChI=1S/C13H29NO/c1-13(2)11-9-7-5-3-4-6-8-10-12-14-15/h13-15H,3-12H2,1-2H3. The molecule has 0 atom stereocenters. The predicted molar refractivity (Wildman–Crippen MR) is 66.2 cm³/mol. The van der Waals surface area contributed by atoms with Crippen molar-refractivity contribution in [1.29, 1.82) is 0 Å². The molecule has 0 radical (unpaired) electrons. The van der Waals surface area contributed by atoms with Crippen LogP contribution in [0.1, 0.15) is 71.6 Å². The summed E-state index contributed by atoms with van der Waals surface area (Å²) in [4.78, 5) is 0. The molecule has 0 amide bonds. The molecule has 0 aromatic carbocycles. The maximum Gasteiger partial charge on any atom is 0.0207 e. The molecule has 0 rings (SSSR count). The van der Waals surface area contributed by atoms with Crippen molar-refractivity contribution in [2.75, 3.05) is 6.54 Å². The largest absolute Gasteiger partial charge is 0.317 e. The highest BCUT2D eigenvalue weighted by Crippen LogP contribution is 2.12. The smallest absolute Gasteiger partial charge is 0.0207 e. The van der Waals surface area contributed by atoms with Gasteiger partial charge in [0.2, 0.25) is 0 Å². The van der Waals surface area contributed by atoms with Gasteiger partial charge in [0.1, 0.15) is 0 Å². The Bertz CT molecular complexity index is 115. The minimum absolute atomic E-state index is 0.744. The second kappa shape index (κ2) is 12.0. The van der Waals surface area contributed by atoms with Gasteiger partial charge in [-0.3, -0.25) is 0 Å². The van der Waals surface area contributed by atoms with E-state index in [-0.39, 0.29) is 0 Å². The number of hydrogen-bond acceptors (Lipinski definition) is 2. The van der Waals surface area contributed by atoms with Crippen LogP contribution in [0, 0.1) is 5.92 Å². The van der Waals surface area contributed by atoms with E-state index in [1.54, 1.807) is 0 Å². The van der Waals surface area contributed by atoms with E-state index in [0.29, 0.717) is 0 Å². The van der Waals surface area contributed by atoms with Crippen LogP contribution < -0.4 is 5.48 Å². The summed E-state index contributed by atoms with van der Waals surface area (Å²) in [7, 11) is 0. The summed E-state index contributed by atoms with van der Waals surface area (Å²) < 4.78 is 0. The van der Waals surface area contributed by atoms with Crippen LogP contribution in [0.25, 0.3) is 0 Å². The van der Waals surface area contributed by atoms with Gasteiger partial charge in [-0.05, 0) is 12.3 Å². The zero-order chi connectivity index (χ0) is 11.4. The summed E-state index contributed by atoms with van der Waals surface area (Å²) in [5, 5.41) is 8.36. The molecule has 0 aliphatic carbocycles. The first-order valence-corrected chi connectivity index (χ1v) is 6.64. The van der Waals surface area contributed by atoms with Crippen LogP contribution in [-0.4, -0.2) is 11.8 Å². The maximum atomic E-state index is 8.36. The van der Waals surface area contributed by atoms with Crippen molar-refractivity contribution in [1.82, 2.24) is 5.48 Å². The fraction of sp³-hybridized carbons (Fsp3) is 1.00. The van der Waals surface area contributed by atoms with E-state index in [0.717, 1.165) is 18.9 Å². The van der Waals surface area contributed by atoms with Crippen LogP contribution in [0.5, 0.6) is 0 Å². The van der Waals surface area contributed by atoms with Crippen molar-refractivity contribution >= 4 is 0 Å². The normalized spacial score (nSPS) is 11.2. The fourth-order valence-corrected chi connectivity index (χ4v) is 1.82. The Morgan fingerprint density at radius 3 is 1.73 bits per heavy atom. The quantitative estimate of drug-likeness (QED) is 0.401. The topological polar surface area (TPSA) is 32.3 Å². The molecule has 2 heteroatoms. The third-order valence-electron chi connectivity index (χ3n) is 2.82. The van der Waals surface area contributed by atoms with E-state index in [2.05, 4.69) is 19.3 Å². The molecule has 0 bridgehead atoms. The molecule has 0 heterocycles. The summed E-state index contributed by atoms with van der Waals surface area (Å²) >= 11 is 0. The van der Waals surface area contributed by atoms with E-state index < -0.39 is 0 Å². The first-order chi connectivity index (χ1) is 7.27. The molecule has 0 aliphatic heterocycles. The van der Waals surface area contributed by atoms with Crippen molar-refractivity contribution in [3.8, 4) is 0 Å². The second-order valence-corrected chi connectivity index (χ2v) is 4.92. The van der Waals surface area contributed by atoms with Gasteiger partial charge in [0.05, 0.1) is 0 Å². The molecule has 92 valence electrons. The summed E-state index contributed by atoms with van der Waals surface area (Å²) in [6, 6.07) is 0. The average molecular weight is 215 g/mol. The van der Waals surface area contributed by atoms with E-state index in [1.165, 1.54) is 51.4 Å². The van der Waals surface area contributed by atoms with E-state index in [1.807, 2.05) is 0 Å². The van der Waals surface area contributed by atoms with Crippen LogP contribution in [0.2, 0.25) is 0 Å². The van der Waals surface area contributed by atoms with Crippen molar-refractivity contribution in [2.45, 2.75) is 71.6 Å². The summed E-state index contributed by atoms with van der Waals surface area (Å²) in [6.45, 7) is 5.35. The molecule has 0 fully saturated rings. The van der Waals surface area contributed by atoms with Gasteiger partial charge >= 0.3 is 0 Å². The first kappa shape index (κ1) is 14.9. The lowest BCUT2D eigenvalue weighted by molar-refractivity contribution is 0.164. The molecular formula is C13H29NO. The summed E-state index contributed by atoms with van der Waals surface area (Å²) in [6.07, 6.45) is 12.1. The first-order valence-electron chi connectivity index (χ1n) is 6.64. The lowest BCUT2D eigenvalue weighted by atomic mass is 10.0. The van der Waals surface area contributed by atoms with Crippen molar-refractivity contribution in [3.63, 3.8) is 0 Å². The average Bonchev–Trinajstić information content (AvgIpc) is 2.20. The Kier molecular flexibility index (Phi) is 11.9. The monoisotopic (exact) mass is 215 g/mol. The fourth-order valence-electron chi connectivity index (χ4n) is 1.82. The van der Waals surface area contributed by atoms with Crippen LogP contribution in [0.3, 0.4) is 0 Å². The van der Waals surface area contributed by atoms with Gasteiger partial charge in [0.15, 0.2) is 0 Å². The van der Waals surface area contributed by atoms with Gasteiger partial charge in [-0.2, -0.15) is 0 Å². The molecular weight excluding hydrogens is 186 g/mol. The lowest BCUT2D eigenvalue weighted by Crippen LogP contribution is -2.07. The Morgan fingerprint density at radius 2 is 1.27 bits per heavy atom. The molecule has 0 unspecified atom stereocenters. The Hall–Kier alpha value is -0.0800. The van der Waals surface area contributed by atoms with Crippen molar-refractivity contribution in [2.24, 2.45) is 5.92 Å². The molecule has 0 spiro atoms. The van der Waals surface area contributed by atoms with Crippen LogP contribution >= 0.6 is 0 Å². The zero-order valence-electron chi connectivity index (χ0n) is 10.6. The van der Waals surface area contributed by atoms with Crippen molar-refractivity contribution in [3.05, 3.63) is 0 Å². The number of hydroxylamine groups is 1. The van der Waals surface area contributed by atoms with Gasteiger partial charge in [0, 0.05) is 6.54 Å². The number of unbranched alkanes of at least 4 members (excludes halogenated alkanes) is 7. The highest BCUT2D eigenvalue weighted by Gasteiger charge is 1.94. The molecule has 0 saturated carbocycles. The van der Waals surface area contributed by atoms with E-state index >= 15 is 0 Å². The molecule has 15 heavy (non-hydrogen) atoms. The highest BCUT2D eigenvalue weighted by atomic mass is 16.5. The van der Waals surface area contributed by atoms with Gasteiger partial charge in [-0.15, -0.1) is 0 Å². The van der Waals surface area contributed by atoms with Crippen LogP contribution in [0.4, 0.5) is 0 Å². The van der Waals surface area contributed by atoms with Gasteiger partial charge in [-0.1, -0.05) is 65.2 Å². The minimum Gasteiger partial charge on any atom is -0.317 e. The molecule has 2 nitrogen and oxygen atoms in total. The minimum atomic E-state index is 0.744. The molecule has 2 N–H and O–H groups in total. The second-order valence-electron chi connectivity index (χ2n) is 4.92. The van der Waals surface area contributed by atoms with Gasteiger partial charge in [0.25, 0.3) is 0 Å². The predicted octanol–water partition coefficient (Wildman–Crippen LogP) is 4.13. The SMILES string of the molecule is CC(C)CCCCCCCCCCNO. The summed E-state index contributed by atoms with van der Waals surface area (Å²) in [5.74, 6) is 0.871. The number of hydrogen-bond donors (Lipinski definition) is 2. The molecule has 0 saturated heterocycles. The Labute approximate surface area is 95.4 Å². The molecule has 0 aromatic heterocycles. The Balaban J connectivity index is 2.87.